The summed E-state index contributed by atoms with van der Waals surface area (Å²) in [5.41, 5.74) is 2.53. The van der Waals surface area contributed by atoms with Crippen molar-refractivity contribution in [3.63, 3.8) is 0 Å². The topological polar surface area (TPSA) is 61.4 Å². The number of anilines is 1. The fraction of sp³-hybridized carbons (Fsp3) is 0.625. The van der Waals surface area contributed by atoms with Gasteiger partial charge in [-0.15, -0.1) is 0 Å². The number of piperazine rings is 1. The zero-order chi connectivity index (χ0) is 21.5. The molecule has 2 heterocycles. The molecule has 31 heavy (non-hydrogen) atoms. The molecule has 2 fully saturated rings. The fourth-order valence-corrected chi connectivity index (χ4v) is 5.31. The van der Waals surface area contributed by atoms with Gasteiger partial charge >= 0.3 is 0 Å². The standard InChI is InChI=1S/C24H35N5OS/c1-19-6-8-21(9-7-19)18-22-26-24(31-27-22)29-16-14-28(15-17-29)13-12-25-23(30)11-10-20-4-2-3-5-20/h6-9,20H,2-5,10-18H2,1H3,(H,25,30). The van der Waals surface area contributed by atoms with Gasteiger partial charge in [0.15, 0.2) is 0 Å². The predicted molar refractivity (Wildman–Crippen MR) is 127 cm³/mol. The molecule has 1 aromatic heterocycles. The van der Waals surface area contributed by atoms with Crippen LogP contribution in [-0.4, -0.2) is 59.4 Å². The number of carbonyl (C=O) groups excluding carboxylic acids is 1. The van der Waals surface area contributed by atoms with Gasteiger partial charge in [-0.25, -0.2) is 4.98 Å². The lowest BCUT2D eigenvalue weighted by atomic mass is 10.0. The normalized spacial score (nSPS) is 17.9. The lowest BCUT2D eigenvalue weighted by Gasteiger charge is -2.34. The number of benzene rings is 1. The number of aryl methyl sites for hydroxylation is 1. The lowest BCUT2D eigenvalue weighted by Crippen LogP contribution is -2.48. The summed E-state index contributed by atoms with van der Waals surface area (Å²) in [4.78, 5) is 21.6. The van der Waals surface area contributed by atoms with E-state index in [0.717, 1.165) is 69.0 Å². The van der Waals surface area contributed by atoms with Gasteiger partial charge in [0.05, 0.1) is 0 Å². The van der Waals surface area contributed by atoms with Crippen molar-refractivity contribution < 1.29 is 4.79 Å². The maximum absolute atomic E-state index is 12.1. The summed E-state index contributed by atoms with van der Waals surface area (Å²) in [6.45, 7) is 7.73. The van der Waals surface area contributed by atoms with Crippen molar-refractivity contribution in [1.82, 2.24) is 19.6 Å². The largest absolute Gasteiger partial charge is 0.355 e. The Morgan fingerprint density at radius 2 is 1.87 bits per heavy atom. The third-order valence-electron chi connectivity index (χ3n) is 6.59. The highest BCUT2D eigenvalue weighted by Crippen LogP contribution is 2.28. The van der Waals surface area contributed by atoms with E-state index in [2.05, 4.69) is 50.7 Å². The van der Waals surface area contributed by atoms with E-state index in [9.17, 15) is 4.79 Å². The first kappa shape index (κ1) is 22.2. The van der Waals surface area contributed by atoms with Gasteiger partial charge in [0, 0.05) is 63.6 Å². The van der Waals surface area contributed by atoms with Crippen molar-refractivity contribution in [3.05, 3.63) is 41.2 Å². The fourth-order valence-electron chi connectivity index (χ4n) is 4.57. The van der Waals surface area contributed by atoms with Crippen molar-refractivity contribution in [2.45, 2.75) is 51.9 Å². The van der Waals surface area contributed by atoms with Crippen molar-refractivity contribution in [2.24, 2.45) is 5.92 Å². The first-order chi connectivity index (χ1) is 15.2. The highest BCUT2D eigenvalue weighted by Gasteiger charge is 2.20. The van der Waals surface area contributed by atoms with Crippen LogP contribution in [0.5, 0.6) is 0 Å². The van der Waals surface area contributed by atoms with Crippen LogP contribution in [0, 0.1) is 12.8 Å². The quantitative estimate of drug-likeness (QED) is 0.644. The number of rotatable bonds is 9. The smallest absolute Gasteiger partial charge is 0.220 e. The zero-order valence-corrected chi connectivity index (χ0v) is 19.5. The monoisotopic (exact) mass is 441 g/mol. The van der Waals surface area contributed by atoms with Crippen LogP contribution in [0.25, 0.3) is 0 Å². The second-order valence-electron chi connectivity index (χ2n) is 9.02. The number of amides is 1. The second kappa shape index (κ2) is 11.0. The van der Waals surface area contributed by atoms with Gasteiger partial charge in [0.1, 0.15) is 5.82 Å². The van der Waals surface area contributed by atoms with Gasteiger partial charge < -0.3 is 10.2 Å². The predicted octanol–water partition coefficient (Wildman–Crippen LogP) is 3.65. The molecule has 0 unspecified atom stereocenters. The Balaban J connectivity index is 1.13. The Labute approximate surface area is 190 Å². The van der Waals surface area contributed by atoms with Crippen LogP contribution in [0.2, 0.25) is 0 Å². The Morgan fingerprint density at radius 3 is 2.61 bits per heavy atom. The maximum Gasteiger partial charge on any atom is 0.220 e. The van der Waals surface area contributed by atoms with Gasteiger partial charge in [0.2, 0.25) is 11.0 Å². The van der Waals surface area contributed by atoms with Gasteiger partial charge in [-0.2, -0.15) is 4.37 Å². The number of hydrogen-bond acceptors (Lipinski definition) is 6. The van der Waals surface area contributed by atoms with Crippen molar-refractivity contribution in [2.75, 3.05) is 44.2 Å². The van der Waals surface area contributed by atoms with Crippen LogP contribution < -0.4 is 10.2 Å². The molecule has 0 bridgehead atoms. The van der Waals surface area contributed by atoms with E-state index in [0.29, 0.717) is 6.42 Å². The summed E-state index contributed by atoms with van der Waals surface area (Å²) >= 11 is 1.51. The molecule has 1 amide bonds. The molecule has 168 valence electrons. The molecule has 1 aromatic carbocycles. The number of hydrogen-bond donors (Lipinski definition) is 1. The molecule has 2 aromatic rings. The molecule has 2 aliphatic rings. The van der Waals surface area contributed by atoms with E-state index in [-0.39, 0.29) is 5.91 Å². The summed E-state index contributed by atoms with van der Waals surface area (Å²) in [6.07, 6.45) is 7.89. The zero-order valence-electron chi connectivity index (χ0n) is 18.7. The molecule has 0 atom stereocenters. The third kappa shape index (κ3) is 6.74. The van der Waals surface area contributed by atoms with Crippen LogP contribution in [0.15, 0.2) is 24.3 Å². The van der Waals surface area contributed by atoms with E-state index < -0.39 is 0 Å². The first-order valence-corrected chi connectivity index (χ1v) is 12.6. The van der Waals surface area contributed by atoms with E-state index >= 15 is 0 Å². The summed E-state index contributed by atoms with van der Waals surface area (Å²) in [7, 11) is 0. The number of nitrogens with zero attached hydrogens (tertiary/aromatic N) is 4. The van der Waals surface area contributed by atoms with Gasteiger partial charge in [-0.1, -0.05) is 55.5 Å². The second-order valence-corrected chi connectivity index (χ2v) is 9.75. The van der Waals surface area contributed by atoms with Crippen LogP contribution in [-0.2, 0) is 11.2 Å². The van der Waals surface area contributed by atoms with Crippen LogP contribution in [0.3, 0.4) is 0 Å². The minimum atomic E-state index is 0.223. The molecule has 1 saturated carbocycles. The van der Waals surface area contributed by atoms with E-state index in [1.807, 2.05) is 0 Å². The minimum Gasteiger partial charge on any atom is -0.355 e. The maximum atomic E-state index is 12.1. The summed E-state index contributed by atoms with van der Waals surface area (Å²) in [5, 5.41) is 4.14. The van der Waals surface area contributed by atoms with Crippen molar-refractivity contribution >= 4 is 22.6 Å². The minimum absolute atomic E-state index is 0.223. The summed E-state index contributed by atoms with van der Waals surface area (Å²) < 4.78 is 4.57. The molecular weight excluding hydrogens is 406 g/mol. The molecule has 4 rings (SSSR count). The van der Waals surface area contributed by atoms with Crippen LogP contribution in [0.1, 0.15) is 55.5 Å². The Kier molecular flexibility index (Phi) is 7.92. The average molecular weight is 442 g/mol. The molecule has 1 saturated heterocycles. The number of aromatic nitrogens is 2. The first-order valence-electron chi connectivity index (χ1n) is 11.8. The SMILES string of the molecule is Cc1ccc(Cc2nsc(N3CCN(CCNC(=O)CCC4CCCC4)CC3)n2)cc1. The molecule has 7 heteroatoms. The highest BCUT2D eigenvalue weighted by molar-refractivity contribution is 7.09. The van der Waals surface area contributed by atoms with Gasteiger partial charge in [0.25, 0.3) is 0 Å². The molecule has 0 radical (unpaired) electrons. The molecule has 6 nitrogen and oxygen atoms in total. The summed E-state index contributed by atoms with van der Waals surface area (Å²) in [6, 6.07) is 8.59. The van der Waals surface area contributed by atoms with Crippen LogP contribution >= 0.6 is 11.5 Å². The van der Waals surface area contributed by atoms with E-state index in [1.54, 1.807) is 0 Å². The van der Waals surface area contributed by atoms with Crippen LogP contribution in [0.4, 0.5) is 5.13 Å². The molecule has 1 aliphatic carbocycles. The molecule has 0 spiro atoms. The van der Waals surface area contributed by atoms with Gasteiger partial charge in [-0.3, -0.25) is 9.69 Å². The Hall–Kier alpha value is -1.99. The molecule has 1 N–H and O–H groups in total. The van der Waals surface area contributed by atoms with E-state index in [1.165, 1.54) is 48.3 Å². The average Bonchev–Trinajstić information content (AvgIpc) is 3.47. The Bertz CT molecular complexity index is 823. The van der Waals surface area contributed by atoms with E-state index in [4.69, 9.17) is 4.98 Å². The van der Waals surface area contributed by atoms with Crippen molar-refractivity contribution in [1.29, 1.82) is 0 Å². The third-order valence-corrected chi connectivity index (χ3v) is 7.40. The number of carbonyl (C=O) groups is 1. The summed E-state index contributed by atoms with van der Waals surface area (Å²) in [5.74, 6) is 1.92. The van der Waals surface area contributed by atoms with Crippen molar-refractivity contribution in [3.8, 4) is 0 Å². The Morgan fingerprint density at radius 1 is 1.13 bits per heavy atom. The number of nitrogens with one attached hydrogen (secondary N) is 1. The lowest BCUT2D eigenvalue weighted by molar-refractivity contribution is -0.121. The van der Waals surface area contributed by atoms with Gasteiger partial charge in [-0.05, 0) is 24.8 Å². The molecular formula is C24H35N5OS. The highest BCUT2D eigenvalue weighted by atomic mass is 32.1. The molecule has 1 aliphatic heterocycles.